The van der Waals surface area contributed by atoms with E-state index < -0.39 is 0 Å². The van der Waals surface area contributed by atoms with Crippen molar-refractivity contribution >= 4 is 11.8 Å². The van der Waals surface area contributed by atoms with Gasteiger partial charge in [-0.15, -0.1) is 0 Å². The Bertz CT molecular complexity index is 500. The maximum Gasteiger partial charge on any atom is 0.239 e. The highest BCUT2D eigenvalue weighted by atomic mass is 16.5. The molecule has 6 heteroatoms. The van der Waals surface area contributed by atoms with E-state index in [1.54, 1.807) is 0 Å². The summed E-state index contributed by atoms with van der Waals surface area (Å²) < 4.78 is 5.48. The standard InChI is InChI=1S/C19H31N3O3/c23-18(20-8-1-2-9-20)15-5-11-21(14-15)19(24)17-4-3-10-22(17)16-6-12-25-13-7-16/h15-17H,1-14H2. The van der Waals surface area contributed by atoms with Gasteiger partial charge in [0.15, 0.2) is 0 Å². The maximum atomic E-state index is 13.1. The second kappa shape index (κ2) is 7.62. The van der Waals surface area contributed by atoms with Gasteiger partial charge in [0, 0.05) is 45.4 Å². The van der Waals surface area contributed by atoms with Gasteiger partial charge in [-0.25, -0.2) is 0 Å². The third-order valence-corrected chi connectivity index (χ3v) is 6.51. The largest absolute Gasteiger partial charge is 0.381 e. The topological polar surface area (TPSA) is 53.1 Å². The van der Waals surface area contributed by atoms with E-state index in [-0.39, 0.29) is 23.8 Å². The Morgan fingerprint density at radius 3 is 2.28 bits per heavy atom. The Morgan fingerprint density at radius 2 is 1.52 bits per heavy atom. The molecule has 0 N–H and O–H groups in total. The van der Waals surface area contributed by atoms with Crippen molar-refractivity contribution in [3.05, 3.63) is 0 Å². The number of hydrogen-bond donors (Lipinski definition) is 0. The monoisotopic (exact) mass is 349 g/mol. The van der Waals surface area contributed by atoms with Crippen LogP contribution in [-0.2, 0) is 14.3 Å². The SMILES string of the molecule is O=C(C1CCN(C(=O)C2CCCN2C2CCOCC2)C1)N1CCCC1. The van der Waals surface area contributed by atoms with Gasteiger partial charge < -0.3 is 14.5 Å². The lowest BCUT2D eigenvalue weighted by Crippen LogP contribution is -2.50. The van der Waals surface area contributed by atoms with Gasteiger partial charge in [0.1, 0.15) is 0 Å². The van der Waals surface area contributed by atoms with Crippen molar-refractivity contribution in [2.45, 2.75) is 57.0 Å². The van der Waals surface area contributed by atoms with Crippen molar-refractivity contribution in [1.82, 2.24) is 14.7 Å². The van der Waals surface area contributed by atoms with Crippen molar-refractivity contribution in [1.29, 1.82) is 0 Å². The minimum absolute atomic E-state index is 0.0278. The molecule has 0 radical (unpaired) electrons. The first-order chi connectivity index (χ1) is 12.2. The summed E-state index contributed by atoms with van der Waals surface area (Å²) in [7, 11) is 0. The van der Waals surface area contributed by atoms with E-state index in [2.05, 4.69) is 4.90 Å². The normalized spacial score (nSPS) is 31.8. The number of amides is 2. The molecule has 4 aliphatic rings. The van der Waals surface area contributed by atoms with E-state index in [0.717, 1.165) is 84.3 Å². The van der Waals surface area contributed by atoms with Crippen LogP contribution in [0.5, 0.6) is 0 Å². The number of ether oxygens (including phenoxy) is 1. The number of carbonyl (C=O) groups excluding carboxylic acids is 2. The predicted molar refractivity (Wildman–Crippen MR) is 94.1 cm³/mol. The molecule has 0 aliphatic carbocycles. The first-order valence-electron chi connectivity index (χ1n) is 10.1. The minimum atomic E-state index is 0.0278. The van der Waals surface area contributed by atoms with Crippen LogP contribution in [0.1, 0.15) is 44.9 Å². The summed E-state index contributed by atoms with van der Waals surface area (Å²) in [6, 6.07) is 0.526. The predicted octanol–water partition coefficient (Wildman–Crippen LogP) is 1.10. The molecule has 2 amide bonds. The summed E-state index contributed by atoms with van der Waals surface area (Å²) in [5.74, 6) is 0.571. The average Bonchev–Trinajstić information content (AvgIpc) is 3.42. The van der Waals surface area contributed by atoms with Gasteiger partial charge in [0.05, 0.1) is 12.0 Å². The molecule has 4 saturated heterocycles. The second-order valence-electron chi connectivity index (χ2n) is 8.04. The van der Waals surface area contributed by atoms with Crippen LogP contribution in [0.4, 0.5) is 0 Å². The van der Waals surface area contributed by atoms with Gasteiger partial charge in [0.25, 0.3) is 0 Å². The molecule has 2 atom stereocenters. The maximum absolute atomic E-state index is 13.1. The highest BCUT2D eigenvalue weighted by Gasteiger charge is 2.41. The Labute approximate surface area is 150 Å². The number of hydrogen-bond acceptors (Lipinski definition) is 4. The van der Waals surface area contributed by atoms with Crippen LogP contribution in [0.2, 0.25) is 0 Å². The fourth-order valence-electron chi connectivity index (χ4n) is 5.08. The summed E-state index contributed by atoms with van der Waals surface area (Å²) in [4.78, 5) is 32.1. The van der Waals surface area contributed by atoms with E-state index in [0.29, 0.717) is 12.6 Å². The molecule has 0 aromatic carbocycles. The van der Waals surface area contributed by atoms with Gasteiger partial charge in [-0.1, -0.05) is 0 Å². The quantitative estimate of drug-likeness (QED) is 0.766. The lowest BCUT2D eigenvalue weighted by molar-refractivity contribution is -0.137. The molecule has 4 rings (SSSR count). The van der Waals surface area contributed by atoms with Crippen LogP contribution in [0.25, 0.3) is 0 Å². The molecule has 0 saturated carbocycles. The fourth-order valence-corrected chi connectivity index (χ4v) is 5.08. The Balaban J connectivity index is 1.35. The molecule has 0 aromatic heterocycles. The van der Waals surface area contributed by atoms with Crippen molar-refractivity contribution in [3.8, 4) is 0 Å². The average molecular weight is 349 g/mol. The minimum Gasteiger partial charge on any atom is -0.381 e. The summed E-state index contributed by atoms with van der Waals surface area (Å²) in [6.07, 6.45) is 7.26. The van der Waals surface area contributed by atoms with Crippen LogP contribution < -0.4 is 0 Å². The van der Waals surface area contributed by atoms with E-state index in [9.17, 15) is 9.59 Å². The first kappa shape index (κ1) is 17.3. The molecule has 0 bridgehead atoms. The zero-order valence-corrected chi connectivity index (χ0v) is 15.2. The van der Waals surface area contributed by atoms with Crippen LogP contribution in [0.3, 0.4) is 0 Å². The van der Waals surface area contributed by atoms with E-state index in [1.807, 2.05) is 9.80 Å². The molecule has 2 unspecified atom stereocenters. The smallest absolute Gasteiger partial charge is 0.239 e. The van der Waals surface area contributed by atoms with E-state index in [1.165, 1.54) is 0 Å². The Hall–Kier alpha value is -1.14. The molecule has 25 heavy (non-hydrogen) atoms. The third-order valence-electron chi connectivity index (χ3n) is 6.51. The highest BCUT2D eigenvalue weighted by molar-refractivity contribution is 5.85. The van der Waals surface area contributed by atoms with Gasteiger partial charge in [-0.2, -0.15) is 0 Å². The highest BCUT2D eigenvalue weighted by Crippen LogP contribution is 2.29. The third kappa shape index (κ3) is 3.56. The zero-order chi connectivity index (χ0) is 17.2. The van der Waals surface area contributed by atoms with E-state index in [4.69, 9.17) is 4.74 Å². The molecule has 0 spiro atoms. The van der Waals surface area contributed by atoms with Gasteiger partial charge in [0.2, 0.25) is 11.8 Å². The Morgan fingerprint density at radius 1 is 0.760 bits per heavy atom. The molecular formula is C19H31N3O3. The Kier molecular flexibility index (Phi) is 5.27. The first-order valence-corrected chi connectivity index (χ1v) is 10.1. The van der Waals surface area contributed by atoms with Crippen LogP contribution >= 0.6 is 0 Å². The lowest BCUT2D eigenvalue weighted by Gasteiger charge is -2.36. The number of likely N-dealkylation sites (tertiary alicyclic amines) is 3. The molecular weight excluding hydrogens is 318 g/mol. The molecule has 4 fully saturated rings. The van der Waals surface area contributed by atoms with Gasteiger partial charge in [-0.05, 0) is 51.5 Å². The number of carbonyl (C=O) groups is 2. The zero-order valence-electron chi connectivity index (χ0n) is 15.2. The summed E-state index contributed by atoms with van der Waals surface area (Å²) in [5, 5.41) is 0. The van der Waals surface area contributed by atoms with Crippen molar-refractivity contribution in [3.63, 3.8) is 0 Å². The molecule has 140 valence electrons. The van der Waals surface area contributed by atoms with Crippen molar-refractivity contribution in [2.24, 2.45) is 5.92 Å². The van der Waals surface area contributed by atoms with E-state index >= 15 is 0 Å². The molecule has 6 nitrogen and oxygen atoms in total. The summed E-state index contributed by atoms with van der Waals surface area (Å²) >= 11 is 0. The summed E-state index contributed by atoms with van der Waals surface area (Å²) in [5.41, 5.74) is 0. The van der Waals surface area contributed by atoms with Crippen molar-refractivity contribution in [2.75, 3.05) is 45.9 Å². The van der Waals surface area contributed by atoms with Crippen LogP contribution in [0, 0.1) is 5.92 Å². The fraction of sp³-hybridized carbons (Fsp3) is 0.895. The molecule has 4 heterocycles. The lowest BCUT2D eigenvalue weighted by atomic mass is 10.1. The van der Waals surface area contributed by atoms with Crippen LogP contribution in [0.15, 0.2) is 0 Å². The molecule has 0 aromatic rings. The van der Waals surface area contributed by atoms with Crippen molar-refractivity contribution < 1.29 is 14.3 Å². The molecule has 4 aliphatic heterocycles. The van der Waals surface area contributed by atoms with Gasteiger partial charge in [-0.3, -0.25) is 14.5 Å². The number of rotatable bonds is 3. The summed E-state index contributed by atoms with van der Waals surface area (Å²) in [6.45, 7) is 5.86. The second-order valence-corrected chi connectivity index (χ2v) is 8.04. The van der Waals surface area contributed by atoms with Gasteiger partial charge >= 0.3 is 0 Å². The van der Waals surface area contributed by atoms with Crippen LogP contribution in [-0.4, -0.2) is 84.5 Å². The number of nitrogens with zero attached hydrogens (tertiary/aromatic N) is 3.